The largest absolute Gasteiger partial charge is 0.534 e. The van der Waals surface area contributed by atoms with Gasteiger partial charge in [0.15, 0.2) is 8.32 Å². The third-order valence-corrected chi connectivity index (χ3v) is 11.8. The summed E-state index contributed by atoms with van der Waals surface area (Å²) >= 11 is 0. The molecule has 2 aliphatic carbocycles. The Kier molecular flexibility index (Phi) is 5.45. The first-order valence-corrected chi connectivity index (χ1v) is 13.2. The highest BCUT2D eigenvalue weighted by Gasteiger charge is 2.55. The molecule has 2 aliphatic rings. The van der Waals surface area contributed by atoms with E-state index in [1.54, 1.807) is 6.92 Å². The lowest BCUT2D eigenvalue weighted by Crippen LogP contribution is -2.49. The summed E-state index contributed by atoms with van der Waals surface area (Å²) in [6, 6.07) is 0. The van der Waals surface area contributed by atoms with Gasteiger partial charge in [-0.1, -0.05) is 34.1 Å². The number of allylic oxidation sites excluding steroid dienone is 1. The number of halogens is 3. The molecule has 152 valence electrons. The van der Waals surface area contributed by atoms with Crippen LogP contribution in [-0.2, 0) is 18.7 Å². The monoisotopic (exact) mass is 414 g/mol. The van der Waals surface area contributed by atoms with E-state index in [9.17, 15) is 21.6 Å². The highest BCUT2D eigenvalue weighted by atomic mass is 32.2. The van der Waals surface area contributed by atoms with Crippen molar-refractivity contribution in [3.8, 4) is 0 Å². The molecule has 0 amide bonds. The first-order valence-electron chi connectivity index (χ1n) is 8.90. The number of rotatable bonds is 4. The molecule has 0 saturated heterocycles. The lowest BCUT2D eigenvalue weighted by Gasteiger charge is -2.46. The van der Waals surface area contributed by atoms with Crippen LogP contribution in [0.1, 0.15) is 53.4 Å². The van der Waals surface area contributed by atoms with Crippen LogP contribution in [-0.4, -0.2) is 28.3 Å². The van der Waals surface area contributed by atoms with Gasteiger partial charge in [-0.05, 0) is 49.4 Å². The minimum atomic E-state index is -5.65. The van der Waals surface area contributed by atoms with Crippen molar-refractivity contribution in [2.45, 2.75) is 83.1 Å². The molecule has 3 atom stereocenters. The van der Waals surface area contributed by atoms with Crippen molar-refractivity contribution in [3.05, 3.63) is 11.8 Å². The summed E-state index contributed by atoms with van der Waals surface area (Å²) in [6.07, 6.45) is 3.94. The Bertz CT molecular complexity index is 679. The summed E-state index contributed by atoms with van der Waals surface area (Å²) < 4.78 is 72.2. The Morgan fingerprint density at radius 3 is 2.31 bits per heavy atom. The number of hydrogen-bond donors (Lipinski definition) is 0. The second-order valence-electron chi connectivity index (χ2n) is 9.12. The first-order chi connectivity index (χ1) is 11.5. The van der Waals surface area contributed by atoms with Crippen molar-refractivity contribution >= 4 is 18.4 Å². The van der Waals surface area contributed by atoms with Gasteiger partial charge >= 0.3 is 15.6 Å². The first kappa shape index (κ1) is 21.8. The molecule has 0 heterocycles. The molecule has 0 bridgehead atoms. The fourth-order valence-corrected chi connectivity index (χ4v) is 5.66. The van der Waals surface area contributed by atoms with Gasteiger partial charge < -0.3 is 8.61 Å². The van der Waals surface area contributed by atoms with Crippen LogP contribution < -0.4 is 0 Å². The van der Waals surface area contributed by atoms with Gasteiger partial charge in [-0.25, -0.2) is 0 Å². The van der Waals surface area contributed by atoms with Gasteiger partial charge in [0, 0.05) is 5.41 Å². The molecule has 0 spiro atoms. The Morgan fingerprint density at radius 1 is 1.23 bits per heavy atom. The van der Waals surface area contributed by atoms with Crippen LogP contribution in [0.15, 0.2) is 11.8 Å². The third kappa shape index (κ3) is 3.85. The molecule has 4 nitrogen and oxygen atoms in total. The van der Waals surface area contributed by atoms with Gasteiger partial charge in [0.25, 0.3) is 0 Å². The zero-order chi connectivity index (χ0) is 20.2. The average molecular weight is 415 g/mol. The van der Waals surface area contributed by atoms with Crippen LogP contribution in [0, 0.1) is 11.3 Å². The minimum Gasteiger partial charge on any atom is -0.413 e. The predicted molar refractivity (Wildman–Crippen MR) is 96.3 cm³/mol. The van der Waals surface area contributed by atoms with Gasteiger partial charge in [0.05, 0.1) is 6.10 Å². The van der Waals surface area contributed by atoms with E-state index in [-0.39, 0.29) is 22.8 Å². The van der Waals surface area contributed by atoms with Gasteiger partial charge in [-0.15, -0.1) is 0 Å². The second kappa shape index (κ2) is 6.51. The molecule has 0 aromatic rings. The lowest BCUT2D eigenvalue weighted by atomic mass is 9.71. The van der Waals surface area contributed by atoms with Crippen molar-refractivity contribution in [2.24, 2.45) is 11.3 Å². The second-order valence-corrected chi connectivity index (χ2v) is 15.4. The smallest absolute Gasteiger partial charge is 0.413 e. The molecule has 0 unspecified atom stereocenters. The molecule has 2 rings (SSSR count). The highest BCUT2D eigenvalue weighted by molar-refractivity contribution is 7.87. The summed E-state index contributed by atoms with van der Waals surface area (Å²) in [5.41, 5.74) is -6.17. The van der Waals surface area contributed by atoms with E-state index in [4.69, 9.17) is 4.43 Å². The van der Waals surface area contributed by atoms with E-state index in [1.165, 1.54) is 6.08 Å². The summed E-state index contributed by atoms with van der Waals surface area (Å²) in [6.45, 7) is 12.5. The fraction of sp³-hybridized carbons (Fsp3) is 0.882. The summed E-state index contributed by atoms with van der Waals surface area (Å²) in [5, 5.41) is 0.0160. The molecular weight excluding hydrogens is 385 g/mol. The topological polar surface area (TPSA) is 52.6 Å². The summed E-state index contributed by atoms with van der Waals surface area (Å²) in [5.74, 6) is -0.118. The van der Waals surface area contributed by atoms with Crippen LogP contribution in [0.2, 0.25) is 18.1 Å². The normalized spacial score (nSPS) is 30.7. The van der Waals surface area contributed by atoms with E-state index in [2.05, 4.69) is 38.0 Å². The molecule has 0 N–H and O–H groups in total. The molecule has 1 fully saturated rings. The van der Waals surface area contributed by atoms with E-state index in [0.29, 0.717) is 12.8 Å². The maximum atomic E-state index is 12.7. The number of fused-ring (bicyclic) bond motifs is 1. The van der Waals surface area contributed by atoms with Gasteiger partial charge in [-0.2, -0.15) is 21.6 Å². The molecular formula is C17H29F3O4SSi. The maximum Gasteiger partial charge on any atom is 0.534 e. The SMILES string of the molecule is CC(C)(C)[Si](C)(C)O[C@H]1CC=C(OS(=O)(=O)C(F)(F)F)[C@]2(C)CCC[C@@H]12. The fourth-order valence-electron chi connectivity index (χ4n) is 3.70. The van der Waals surface area contributed by atoms with Crippen molar-refractivity contribution in [1.29, 1.82) is 0 Å². The van der Waals surface area contributed by atoms with Gasteiger partial charge in [0.2, 0.25) is 0 Å². The Hall–Kier alpha value is -0.543. The average Bonchev–Trinajstić information content (AvgIpc) is 2.82. The zero-order valence-electron chi connectivity index (χ0n) is 16.2. The van der Waals surface area contributed by atoms with Crippen LogP contribution >= 0.6 is 0 Å². The molecule has 0 aromatic carbocycles. The summed E-state index contributed by atoms with van der Waals surface area (Å²) in [7, 11) is -7.70. The molecule has 1 saturated carbocycles. The number of alkyl halides is 3. The van der Waals surface area contributed by atoms with E-state index >= 15 is 0 Å². The molecule has 26 heavy (non-hydrogen) atoms. The molecule has 9 heteroatoms. The highest BCUT2D eigenvalue weighted by Crippen LogP contribution is 2.55. The van der Waals surface area contributed by atoms with Crippen LogP contribution in [0.4, 0.5) is 13.2 Å². The Morgan fingerprint density at radius 2 is 1.81 bits per heavy atom. The van der Waals surface area contributed by atoms with Gasteiger partial charge in [0.1, 0.15) is 5.76 Å². The lowest BCUT2D eigenvalue weighted by molar-refractivity contribution is -0.0547. The molecule has 0 aromatic heterocycles. The zero-order valence-corrected chi connectivity index (χ0v) is 18.1. The molecule has 0 aliphatic heterocycles. The summed E-state index contributed by atoms with van der Waals surface area (Å²) in [4.78, 5) is 0. The van der Waals surface area contributed by atoms with Crippen molar-refractivity contribution < 1.29 is 30.2 Å². The maximum absolute atomic E-state index is 12.7. The van der Waals surface area contributed by atoms with Crippen LogP contribution in [0.25, 0.3) is 0 Å². The Labute approximate surface area is 155 Å². The third-order valence-electron chi connectivity index (χ3n) is 6.31. The van der Waals surface area contributed by atoms with E-state index in [1.807, 2.05) is 0 Å². The minimum absolute atomic E-state index is 0.0160. The van der Waals surface area contributed by atoms with Gasteiger partial charge in [-0.3, -0.25) is 0 Å². The standard InChI is InChI=1S/C17H29F3O4SSi/c1-15(2,3)26(5,6)24-13-9-10-14(16(4)11-7-8-12(13)16)23-25(21,22)17(18,19)20/h10,12-13H,7-9,11H2,1-6H3/t12-,13-,16+/m0/s1. The van der Waals surface area contributed by atoms with Crippen molar-refractivity contribution in [3.63, 3.8) is 0 Å². The molecule has 0 radical (unpaired) electrons. The predicted octanol–water partition coefficient (Wildman–Crippen LogP) is 5.34. The number of hydrogen-bond acceptors (Lipinski definition) is 4. The van der Waals surface area contributed by atoms with Crippen molar-refractivity contribution in [2.75, 3.05) is 0 Å². The Balaban J connectivity index is 2.30. The van der Waals surface area contributed by atoms with Crippen LogP contribution in [0.5, 0.6) is 0 Å². The van der Waals surface area contributed by atoms with Crippen molar-refractivity contribution in [1.82, 2.24) is 0 Å². The van der Waals surface area contributed by atoms with E-state index in [0.717, 1.165) is 12.8 Å². The quantitative estimate of drug-likeness (QED) is 0.354. The van der Waals surface area contributed by atoms with E-state index < -0.39 is 29.4 Å². The van der Waals surface area contributed by atoms with Crippen LogP contribution in [0.3, 0.4) is 0 Å².